The molecule has 0 fully saturated rings. The average molecular weight is 385 g/mol. The Kier molecular flexibility index (Phi) is 4.90. The van der Waals surface area contributed by atoms with Gasteiger partial charge in [0.25, 0.3) is 0 Å². The van der Waals surface area contributed by atoms with Crippen LogP contribution in [0, 0.1) is 18.6 Å². The van der Waals surface area contributed by atoms with Crippen molar-refractivity contribution in [2.75, 3.05) is 4.72 Å². The molecule has 0 aliphatic rings. The van der Waals surface area contributed by atoms with Gasteiger partial charge in [-0.05, 0) is 42.6 Å². The topological polar surface area (TPSA) is 40.7 Å². The molecule has 0 aliphatic carbocycles. The molecule has 0 aliphatic heterocycles. The highest BCUT2D eigenvalue weighted by molar-refractivity contribution is 8.00. The van der Waals surface area contributed by atoms with E-state index in [1.807, 2.05) is 13.0 Å². The summed E-state index contributed by atoms with van der Waals surface area (Å²) in [6, 6.07) is 6.07. The van der Waals surface area contributed by atoms with E-state index >= 15 is 0 Å². The zero-order chi connectivity index (χ0) is 18.9. The van der Waals surface area contributed by atoms with Gasteiger partial charge >= 0.3 is 6.18 Å². The predicted molar refractivity (Wildman–Crippen MR) is 89.6 cm³/mol. The summed E-state index contributed by atoms with van der Waals surface area (Å²) >= 11 is 0.934. The molecule has 0 bridgehead atoms. The maximum atomic E-state index is 13.8. The molecule has 3 rings (SSSR count). The minimum Gasteiger partial charge on any atom is -0.359 e. The number of hydrogen-bond acceptors (Lipinski definition) is 3. The molecule has 0 radical (unpaired) electrons. The number of pyridine rings is 1. The van der Waals surface area contributed by atoms with Crippen molar-refractivity contribution in [3.05, 3.63) is 65.5 Å². The fourth-order valence-electron chi connectivity index (χ4n) is 2.29. The third-order valence-corrected chi connectivity index (χ3v) is 4.36. The Morgan fingerprint density at radius 2 is 1.88 bits per heavy atom. The van der Waals surface area contributed by atoms with E-state index < -0.39 is 23.4 Å². The number of aromatic amines is 1. The molecule has 9 heteroatoms. The molecule has 1 aromatic carbocycles. The van der Waals surface area contributed by atoms with Crippen LogP contribution in [-0.4, -0.2) is 9.97 Å². The summed E-state index contributed by atoms with van der Waals surface area (Å²) in [7, 11) is 0. The molecular formula is C17H12F5N3S. The van der Waals surface area contributed by atoms with Crippen LogP contribution in [0.2, 0.25) is 0 Å². The monoisotopic (exact) mass is 385 g/mol. The highest BCUT2D eigenvalue weighted by atomic mass is 32.2. The van der Waals surface area contributed by atoms with Gasteiger partial charge in [-0.1, -0.05) is 6.07 Å². The van der Waals surface area contributed by atoms with Crippen molar-refractivity contribution in [2.24, 2.45) is 0 Å². The van der Waals surface area contributed by atoms with Crippen molar-refractivity contribution in [3.63, 3.8) is 0 Å². The largest absolute Gasteiger partial charge is 0.419 e. The van der Waals surface area contributed by atoms with Crippen molar-refractivity contribution >= 4 is 17.6 Å². The first-order valence-corrected chi connectivity index (χ1v) is 8.17. The fourth-order valence-corrected chi connectivity index (χ4v) is 2.97. The maximum absolute atomic E-state index is 13.8. The van der Waals surface area contributed by atoms with E-state index in [1.165, 1.54) is 0 Å². The van der Waals surface area contributed by atoms with E-state index in [-0.39, 0.29) is 11.8 Å². The summed E-state index contributed by atoms with van der Waals surface area (Å²) in [6.07, 6.45) is -1.68. The Balaban J connectivity index is 1.76. The van der Waals surface area contributed by atoms with Crippen LogP contribution in [0.5, 0.6) is 0 Å². The number of alkyl halides is 3. The lowest BCUT2D eigenvalue weighted by atomic mass is 10.2. The summed E-state index contributed by atoms with van der Waals surface area (Å²) in [6.45, 7) is 1.90. The molecule has 0 saturated carbocycles. The van der Waals surface area contributed by atoms with Crippen LogP contribution in [0.1, 0.15) is 11.1 Å². The van der Waals surface area contributed by atoms with Gasteiger partial charge in [0.1, 0.15) is 11.6 Å². The average Bonchev–Trinajstić information content (AvgIpc) is 3.03. The first-order valence-electron chi connectivity index (χ1n) is 7.35. The number of rotatable bonds is 4. The second-order valence-electron chi connectivity index (χ2n) is 5.43. The molecule has 0 atom stereocenters. The van der Waals surface area contributed by atoms with Crippen molar-refractivity contribution in [1.82, 2.24) is 9.97 Å². The van der Waals surface area contributed by atoms with Gasteiger partial charge in [0.15, 0.2) is 0 Å². The molecule has 0 unspecified atom stereocenters. The van der Waals surface area contributed by atoms with Crippen molar-refractivity contribution in [2.45, 2.75) is 18.0 Å². The van der Waals surface area contributed by atoms with Crippen LogP contribution < -0.4 is 4.72 Å². The first-order chi connectivity index (χ1) is 12.3. The fraction of sp³-hybridized carbons (Fsp3) is 0.118. The standard InChI is InChI=1S/C17H12F5N3S/c1-9-3-2-4-23-16(9)15-5-10(8-24-15)26-25-14-7-12(18)11(6-13(14)19)17(20,21)22/h2-8,24-25H,1H3. The van der Waals surface area contributed by atoms with Gasteiger partial charge in [0.05, 0.1) is 22.6 Å². The number of aromatic nitrogens is 2. The zero-order valence-electron chi connectivity index (χ0n) is 13.3. The molecule has 2 N–H and O–H groups in total. The number of H-pyrrole nitrogens is 1. The SMILES string of the molecule is Cc1cccnc1-c1cc(SNc2cc(F)c(C(F)(F)F)cc2F)c[nH]1. The lowest BCUT2D eigenvalue weighted by molar-refractivity contribution is -0.140. The van der Waals surface area contributed by atoms with Crippen LogP contribution in [0.3, 0.4) is 0 Å². The van der Waals surface area contributed by atoms with E-state index in [9.17, 15) is 22.0 Å². The highest BCUT2D eigenvalue weighted by Gasteiger charge is 2.35. The molecule has 0 amide bonds. The summed E-state index contributed by atoms with van der Waals surface area (Å²) in [5.41, 5.74) is 0.407. The van der Waals surface area contributed by atoms with E-state index in [2.05, 4.69) is 14.7 Å². The molecule has 136 valence electrons. The van der Waals surface area contributed by atoms with Gasteiger partial charge < -0.3 is 9.71 Å². The molecular weight excluding hydrogens is 373 g/mol. The van der Waals surface area contributed by atoms with E-state index in [1.54, 1.807) is 24.5 Å². The number of halogens is 5. The Bertz CT molecular complexity index is 936. The third kappa shape index (κ3) is 3.82. The van der Waals surface area contributed by atoms with Gasteiger partial charge in [-0.3, -0.25) is 4.98 Å². The van der Waals surface area contributed by atoms with Crippen molar-refractivity contribution in [3.8, 4) is 11.4 Å². The Morgan fingerprint density at radius 3 is 2.58 bits per heavy atom. The zero-order valence-corrected chi connectivity index (χ0v) is 14.1. The summed E-state index contributed by atoms with van der Waals surface area (Å²) in [5.74, 6) is -2.73. The lowest BCUT2D eigenvalue weighted by Gasteiger charge is -2.11. The smallest absolute Gasteiger partial charge is 0.359 e. The second-order valence-corrected chi connectivity index (χ2v) is 6.31. The molecule has 0 saturated heterocycles. The molecule has 2 aromatic heterocycles. The number of benzene rings is 1. The van der Waals surface area contributed by atoms with E-state index in [4.69, 9.17) is 0 Å². The van der Waals surface area contributed by atoms with E-state index in [0.29, 0.717) is 11.0 Å². The first kappa shape index (κ1) is 18.2. The van der Waals surface area contributed by atoms with Gasteiger partial charge in [-0.2, -0.15) is 13.2 Å². The van der Waals surface area contributed by atoms with E-state index in [0.717, 1.165) is 28.9 Å². The van der Waals surface area contributed by atoms with Crippen LogP contribution in [-0.2, 0) is 6.18 Å². The van der Waals surface area contributed by atoms with Crippen LogP contribution in [0.25, 0.3) is 11.4 Å². The van der Waals surface area contributed by atoms with Gasteiger partial charge in [-0.25, -0.2) is 8.78 Å². The molecule has 26 heavy (non-hydrogen) atoms. The minimum atomic E-state index is -4.95. The molecule has 0 spiro atoms. The number of anilines is 1. The third-order valence-electron chi connectivity index (χ3n) is 3.56. The Labute approximate surface area is 149 Å². The van der Waals surface area contributed by atoms with Crippen molar-refractivity contribution in [1.29, 1.82) is 0 Å². The number of hydrogen-bond donors (Lipinski definition) is 2. The maximum Gasteiger partial charge on any atom is 0.419 e. The summed E-state index contributed by atoms with van der Waals surface area (Å²) in [5, 5.41) is 0. The quantitative estimate of drug-likeness (QED) is 0.440. The summed E-state index contributed by atoms with van der Waals surface area (Å²) < 4.78 is 67.6. The molecule has 3 aromatic rings. The summed E-state index contributed by atoms with van der Waals surface area (Å²) in [4.78, 5) is 7.91. The molecule has 2 heterocycles. The highest BCUT2D eigenvalue weighted by Crippen LogP contribution is 2.35. The number of nitrogens with zero attached hydrogens (tertiary/aromatic N) is 1. The van der Waals surface area contributed by atoms with Gasteiger partial charge in [-0.15, -0.1) is 0 Å². The van der Waals surface area contributed by atoms with Crippen molar-refractivity contribution < 1.29 is 22.0 Å². The predicted octanol–water partition coefficient (Wildman–Crippen LogP) is 5.80. The van der Waals surface area contributed by atoms with Crippen LogP contribution >= 0.6 is 11.9 Å². The Hall–Kier alpha value is -2.55. The number of aryl methyl sites for hydroxylation is 1. The lowest BCUT2D eigenvalue weighted by Crippen LogP contribution is -2.09. The van der Waals surface area contributed by atoms with Gasteiger partial charge in [0, 0.05) is 23.4 Å². The normalized spacial score (nSPS) is 11.6. The minimum absolute atomic E-state index is 0.137. The second kappa shape index (κ2) is 6.99. The molecule has 3 nitrogen and oxygen atoms in total. The number of nitrogens with one attached hydrogen (secondary N) is 2. The Morgan fingerprint density at radius 1 is 1.12 bits per heavy atom. The van der Waals surface area contributed by atoms with Crippen LogP contribution in [0.15, 0.2) is 47.6 Å². The van der Waals surface area contributed by atoms with Gasteiger partial charge in [0.2, 0.25) is 0 Å². The van der Waals surface area contributed by atoms with Crippen LogP contribution in [0.4, 0.5) is 27.6 Å².